The van der Waals surface area contributed by atoms with Crippen LogP contribution in [0.1, 0.15) is 16.1 Å². The predicted octanol–water partition coefficient (Wildman–Crippen LogP) is 2.55. The van der Waals surface area contributed by atoms with Gasteiger partial charge in [0, 0.05) is 5.56 Å². The van der Waals surface area contributed by atoms with Crippen LogP contribution in [0.4, 0.5) is 4.39 Å². The van der Waals surface area contributed by atoms with Gasteiger partial charge in [-0.1, -0.05) is 0 Å². The maximum atomic E-state index is 12.9. The SMILES string of the molecule is COC(=O)c1cc(C#N)cc(-c2ccc(F)cc2)n1. The highest BCUT2D eigenvalue weighted by Gasteiger charge is 2.11. The number of benzene rings is 1. The third kappa shape index (κ3) is 2.75. The fraction of sp³-hybridized carbons (Fsp3) is 0.0714. The molecule has 4 nitrogen and oxygen atoms in total. The van der Waals surface area contributed by atoms with Crippen LogP contribution >= 0.6 is 0 Å². The third-order valence-electron chi connectivity index (χ3n) is 2.49. The number of pyridine rings is 1. The molecule has 94 valence electrons. The summed E-state index contributed by atoms with van der Waals surface area (Å²) < 4.78 is 17.4. The van der Waals surface area contributed by atoms with Crippen molar-refractivity contribution in [2.45, 2.75) is 0 Å². The zero-order valence-corrected chi connectivity index (χ0v) is 10.1. The lowest BCUT2D eigenvalue weighted by atomic mass is 10.1. The predicted molar refractivity (Wildman–Crippen MR) is 65.7 cm³/mol. The number of methoxy groups -OCH3 is 1. The minimum Gasteiger partial charge on any atom is -0.464 e. The van der Waals surface area contributed by atoms with Gasteiger partial charge in [0.2, 0.25) is 0 Å². The van der Waals surface area contributed by atoms with E-state index >= 15 is 0 Å². The van der Waals surface area contributed by atoms with E-state index in [1.807, 2.05) is 6.07 Å². The summed E-state index contributed by atoms with van der Waals surface area (Å²) in [6.45, 7) is 0. The second kappa shape index (κ2) is 5.27. The third-order valence-corrected chi connectivity index (χ3v) is 2.49. The number of halogens is 1. The van der Waals surface area contributed by atoms with Crippen LogP contribution in [0.15, 0.2) is 36.4 Å². The summed E-state index contributed by atoms with van der Waals surface area (Å²) in [6.07, 6.45) is 0. The van der Waals surface area contributed by atoms with Crippen LogP contribution in [0.5, 0.6) is 0 Å². The number of carbonyl (C=O) groups excluding carboxylic acids is 1. The van der Waals surface area contributed by atoms with Crippen molar-refractivity contribution in [3.05, 3.63) is 53.5 Å². The largest absolute Gasteiger partial charge is 0.464 e. The fourth-order valence-electron chi connectivity index (χ4n) is 1.57. The summed E-state index contributed by atoms with van der Waals surface area (Å²) in [7, 11) is 1.24. The summed E-state index contributed by atoms with van der Waals surface area (Å²) in [6, 6.07) is 10.4. The molecule has 0 radical (unpaired) electrons. The summed E-state index contributed by atoms with van der Waals surface area (Å²) in [5.74, 6) is -0.992. The molecule has 0 N–H and O–H groups in total. The first-order valence-electron chi connectivity index (χ1n) is 5.40. The Bertz CT molecular complexity index is 660. The van der Waals surface area contributed by atoms with Gasteiger partial charge in [0.05, 0.1) is 24.4 Å². The van der Waals surface area contributed by atoms with Crippen LogP contribution in [-0.2, 0) is 4.74 Å². The van der Waals surface area contributed by atoms with Crippen LogP contribution in [0.3, 0.4) is 0 Å². The van der Waals surface area contributed by atoms with Gasteiger partial charge in [-0.25, -0.2) is 14.2 Å². The molecule has 0 atom stereocenters. The molecular weight excluding hydrogens is 247 g/mol. The molecule has 0 bridgehead atoms. The van der Waals surface area contributed by atoms with Crippen LogP contribution in [0.2, 0.25) is 0 Å². The number of hydrogen-bond acceptors (Lipinski definition) is 4. The van der Waals surface area contributed by atoms with Crippen LogP contribution in [0, 0.1) is 17.1 Å². The summed E-state index contributed by atoms with van der Waals surface area (Å²) in [4.78, 5) is 15.6. The smallest absolute Gasteiger partial charge is 0.356 e. The van der Waals surface area contributed by atoms with Crippen molar-refractivity contribution in [3.8, 4) is 17.3 Å². The normalized spacial score (nSPS) is 9.74. The lowest BCUT2D eigenvalue weighted by Gasteiger charge is -2.04. The molecule has 1 aromatic heterocycles. The standard InChI is InChI=1S/C14H9FN2O2/c1-19-14(18)13-7-9(8-16)6-12(17-13)10-2-4-11(15)5-3-10/h2-7H,1H3. The highest BCUT2D eigenvalue weighted by molar-refractivity contribution is 5.88. The second-order valence-corrected chi connectivity index (χ2v) is 3.74. The van der Waals surface area contributed by atoms with Gasteiger partial charge in [-0.15, -0.1) is 0 Å². The average Bonchev–Trinajstić information content (AvgIpc) is 2.46. The maximum Gasteiger partial charge on any atom is 0.356 e. The van der Waals surface area contributed by atoms with E-state index in [9.17, 15) is 9.18 Å². The molecule has 0 aliphatic carbocycles. The number of nitrogens with zero attached hydrogens (tertiary/aromatic N) is 2. The van der Waals surface area contributed by atoms with Gasteiger partial charge < -0.3 is 4.74 Å². The van der Waals surface area contributed by atoms with E-state index in [1.54, 1.807) is 0 Å². The Morgan fingerprint density at radius 1 is 1.32 bits per heavy atom. The summed E-state index contributed by atoms with van der Waals surface area (Å²) in [5, 5.41) is 8.94. The molecule has 0 aliphatic rings. The number of nitriles is 1. The van der Waals surface area contributed by atoms with Crippen LogP contribution in [0.25, 0.3) is 11.3 Å². The number of hydrogen-bond donors (Lipinski definition) is 0. The number of carbonyl (C=O) groups is 1. The Hall–Kier alpha value is -2.74. The van der Waals surface area contributed by atoms with Crippen molar-refractivity contribution >= 4 is 5.97 Å². The molecule has 5 heteroatoms. The molecule has 0 amide bonds. The van der Waals surface area contributed by atoms with Gasteiger partial charge in [-0.05, 0) is 36.4 Å². The van der Waals surface area contributed by atoms with Gasteiger partial charge in [0.25, 0.3) is 0 Å². The first kappa shape index (κ1) is 12.7. The Kier molecular flexibility index (Phi) is 3.53. The molecule has 0 aliphatic heterocycles. The quantitative estimate of drug-likeness (QED) is 0.774. The molecule has 1 heterocycles. The minimum absolute atomic E-state index is 0.0425. The van der Waals surface area contributed by atoms with E-state index in [0.717, 1.165) is 0 Å². The first-order chi connectivity index (χ1) is 9.13. The molecule has 0 unspecified atom stereocenters. The van der Waals surface area contributed by atoms with E-state index in [2.05, 4.69) is 9.72 Å². The maximum absolute atomic E-state index is 12.9. The fourth-order valence-corrected chi connectivity index (χ4v) is 1.57. The number of aromatic nitrogens is 1. The molecule has 0 spiro atoms. The topological polar surface area (TPSA) is 63.0 Å². The lowest BCUT2D eigenvalue weighted by molar-refractivity contribution is 0.0594. The number of esters is 1. The molecule has 19 heavy (non-hydrogen) atoms. The van der Waals surface area contributed by atoms with E-state index in [1.165, 1.54) is 43.5 Å². The highest BCUT2D eigenvalue weighted by Crippen LogP contribution is 2.19. The van der Waals surface area contributed by atoms with Crippen molar-refractivity contribution in [1.82, 2.24) is 4.98 Å². The van der Waals surface area contributed by atoms with Gasteiger partial charge in [0.15, 0.2) is 0 Å². The van der Waals surface area contributed by atoms with E-state index in [0.29, 0.717) is 11.3 Å². The van der Waals surface area contributed by atoms with Gasteiger partial charge in [-0.2, -0.15) is 5.26 Å². The van der Waals surface area contributed by atoms with Crippen molar-refractivity contribution < 1.29 is 13.9 Å². The molecule has 0 saturated heterocycles. The monoisotopic (exact) mass is 256 g/mol. The second-order valence-electron chi connectivity index (χ2n) is 3.74. The van der Waals surface area contributed by atoms with E-state index in [4.69, 9.17) is 5.26 Å². The summed E-state index contributed by atoms with van der Waals surface area (Å²) >= 11 is 0. The zero-order valence-electron chi connectivity index (χ0n) is 10.1. The lowest BCUT2D eigenvalue weighted by Crippen LogP contribution is -2.05. The van der Waals surface area contributed by atoms with Crippen molar-refractivity contribution in [2.24, 2.45) is 0 Å². The van der Waals surface area contributed by atoms with Crippen molar-refractivity contribution in [3.63, 3.8) is 0 Å². The minimum atomic E-state index is -0.625. The molecule has 2 rings (SSSR count). The first-order valence-corrected chi connectivity index (χ1v) is 5.40. The van der Waals surface area contributed by atoms with Crippen molar-refractivity contribution in [1.29, 1.82) is 5.26 Å². The number of rotatable bonds is 2. The zero-order chi connectivity index (χ0) is 13.8. The van der Waals surface area contributed by atoms with Gasteiger partial charge in [-0.3, -0.25) is 0 Å². The summed E-state index contributed by atoms with van der Waals surface area (Å²) in [5.41, 5.74) is 1.36. The Morgan fingerprint density at radius 3 is 2.58 bits per heavy atom. The molecular formula is C14H9FN2O2. The molecule has 0 fully saturated rings. The van der Waals surface area contributed by atoms with Crippen molar-refractivity contribution in [2.75, 3.05) is 7.11 Å². The molecule has 2 aromatic rings. The average molecular weight is 256 g/mol. The van der Waals surface area contributed by atoms with E-state index in [-0.39, 0.29) is 17.1 Å². The van der Waals surface area contributed by atoms with Gasteiger partial charge in [0.1, 0.15) is 11.5 Å². The highest BCUT2D eigenvalue weighted by atomic mass is 19.1. The molecule has 1 aromatic carbocycles. The Morgan fingerprint density at radius 2 is 2.00 bits per heavy atom. The van der Waals surface area contributed by atoms with Gasteiger partial charge >= 0.3 is 5.97 Å². The van der Waals surface area contributed by atoms with E-state index < -0.39 is 5.97 Å². The molecule has 0 saturated carbocycles. The Labute approximate surface area is 109 Å². The number of ether oxygens (including phenoxy) is 1. The Balaban J connectivity index is 2.54. The van der Waals surface area contributed by atoms with Crippen LogP contribution in [-0.4, -0.2) is 18.1 Å². The van der Waals surface area contributed by atoms with Crippen LogP contribution < -0.4 is 0 Å².